The summed E-state index contributed by atoms with van der Waals surface area (Å²) in [6.07, 6.45) is 4.18. The lowest BCUT2D eigenvalue weighted by Gasteiger charge is -2.33. The summed E-state index contributed by atoms with van der Waals surface area (Å²) < 4.78 is 17.2. The number of hydrogen-bond acceptors (Lipinski definition) is 6. The Balaban J connectivity index is 1.18. The molecule has 0 fully saturated rings. The fourth-order valence-electron chi connectivity index (χ4n) is 3.90. The van der Waals surface area contributed by atoms with Crippen molar-refractivity contribution in [2.75, 3.05) is 31.6 Å². The van der Waals surface area contributed by atoms with Gasteiger partial charge in [0, 0.05) is 56.8 Å². The molecule has 0 unspecified atom stereocenters. The molecule has 0 saturated heterocycles. The van der Waals surface area contributed by atoms with Gasteiger partial charge in [-0.2, -0.15) is 0 Å². The predicted molar refractivity (Wildman–Crippen MR) is 144 cm³/mol. The average molecular weight is 510 g/mol. The van der Waals surface area contributed by atoms with Crippen molar-refractivity contribution in [1.82, 2.24) is 5.32 Å². The number of nitrogens with two attached hydrogens (primary N) is 1. The molecule has 0 spiro atoms. The maximum atomic E-state index is 10.9. The molecule has 1 atom stereocenters. The maximum absolute atomic E-state index is 10.9. The van der Waals surface area contributed by atoms with Crippen LogP contribution in [0.5, 0.6) is 5.75 Å². The first-order valence-corrected chi connectivity index (χ1v) is 12.9. The van der Waals surface area contributed by atoms with Crippen molar-refractivity contribution >= 4 is 11.7 Å². The molecule has 2 aromatic rings. The van der Waals surface area contributed by atoms with Crippen LogP contribution < -0.4 is 21.1 Å². The molecular weight excluding hydrogens is 470 g/mol. The van der Waals surface area contributed by atoms with Gasteiger partial charge in [0.2, 0.25) is 5.79 Å². The Hall–Kier alpha value is -3.09. The lowest BCUT2D eigenvalue weighted by molar-refractivity contribution is -0.180. The van der Waals surface area contributed by atoms with Gasteiger partial charge in [0.25, 0.3) is 0 Å². The van der Waals surface area contributed by atoms with Crippen LogP contribution in [-0.2, 0) is 16.1 Å². The van der Waals surface area contributed by atoms with Gasteiger partial charge in [0.1, 0.15) is 5.75 Å². The van der Waals surface area contributed by atoms with Gasteiger partial charge in [0.15, 0.2) is 0 Å². The van der Waals surface area contributed by atoms with Gasteiger partial charge in [0.05, 0.1) is 12.7 Å². The molecule has 8 nitrogen and oxygen atoms in total. The third-order valence-electron chi connectivity index (χ3n) is 5.83. The second-order valence-corrected chi connectivity index (χ2v) is 9.53. The molecule has 8 heteroatoms. The van der Waals surface area contributed by atoms with Crippen LogP contribution >= 0.6 is 0 Å². The predicted octanol–water partition coefficient (Wildman–Crippen LogP) is 4.46. The van der Waals surface area contributed by atoms with Crippen LogP contribution in [0.2, 0.25) is 0 Å². The first-order valence-electron chi connectivity index (χ1n) is 12.9. The minimum Gasteiger partial charge on any atom is -0.463 e. The summed E-state index contributed by atoms with van der Waals surface area (Å²) in [5.41, 5.74) is 8.44. The molecule has 0 radical (unpaired) electrons. The Morgan fingerprint density at radius 3 is 2.84 bits per heavy atom. The number of unbranched alkanes of at least 4 members (excludes halogenated alkanes) is 3. The molecule has 0 bridgehead atoms. The second kappa shape index (κ2) is 14.6. The van der Waals surface area contributed by atoms with Gasteiger partial charge >= 0.3 is 6.03 Å². The number of hydrogen-bond donors (Lipinski definition) is 4. The third kappa shape index (κ3) is 10.4. The topological polar surface area (TPSA) is 115 Å². The molecule has 1 heterocycles. The van der Waals surface area contributed by atoms with Crippen LogP contribution in [-0.4, -0.2) is 43.2 Å². The van der Waals surface area contributed by atoms with Crippen molar-refractivity contribution in [3.05, 3.63) is 59.2 Å². The largest absolute Gasteiger partial charge is 0.463 e. The highest BCUT2D eigenvalue weighted by Crippen LogP contribution is 2.32. The smallest absolute Gasteiger partial charge is 0.316 e. The summed E-state index contributed by atoms with van der Waals surface area (Å²) in [6.45, 7) is 7.07. The first kappa shape index (κ1) is 28.5. The van der Waals surface area contributed by atoms with E-state index in [4.69, 9.17) is 19.9 Å². The van der Waals surface area contributed by atoms with E-state index in [1.807, 2.05) is 44.2 Å². The minimum absolute atomic E-state index is 0.484. The van der Waals surface area contributed by atoms with Crippen LogP contribution in [0, 0.1) is 11.8 Å². The van der Waals surface area contributed by atoms with Crippen LogP contribution in [0.3, 0.4) is 0 Å². The number of benzene rings is 2. The highest BCUT2D eigenvalue weighted by molar-refractivity contribution is 5.87. The van der Waals surface area contributed by atoms with Crippen molar-refractivity contribution < 1.29 is 24.1 Å². The fourth-order valence-corrected chi connectivity index (χ4v) is 3.90. The maximum Gasteiger partial charge on any atom is 0.316 e. The van der Waals surface area contributed by atoms with Crippen molar-refractivity contribution in [1.29, 1.82) is 0 Å². The minimum atomic E-state index is -0.615. The molecule has 1 aliphatic rings. The number of carbonyl (C=O) groups excluding carboxylic acids is 1. The average Bonchev–Trinajstić information content (AvgIpc) is 2.85. The van der Waals surface area contributed by atoms with Gasteiger partial charge in [-0.25, -0.2) is 4.79 Å². The summed E-state index contributed by atoms with van der Waals surface area (Å²) in [6, 6.07) is 12.5. The fraction of sp³-hybridized carbons (Fsp3) is 0.483. The third-order valence-corrected chi connectivity index (χ3v) is 5.83. The quantitative estimate of drug-likeness (QED) is 0.234. The van der Waals surface area contributed by atoms with Crippen LogP contribution in [0.15, 0.2) is 42.5 Å². The standard InChI is InChI=1S/C29H39N3O5/c1-29(2)36-21-24-19-23(13-14-27(24)37-29)26(33)20-31-15-6-4-8-17-35-16-7-3-5-10-22-11-9-12-25(18-22)32-28(30)34/h9,11-14,18-19,26,31,33H,3-4,6-8,15-17,20-21H2,1-2H3,(H3,30,32,34)/t26-/m0/s1. The Morgan fingerprint density at radius 1 is 1.16 bits per heavy atom. The molecule has 200 valence electrons. The molecule has 2 amide bonds. The number of aliphatic hydroxyl groups is 1. The Morgan fingerprint density at radius 2 is 2.00 bits per heavy atom. The zero-order valence-corrected chi connectivity index (χ0v) is 21.8. The van der Waals surface area contributed by atoms with Gasteiger partial charge in [-0.05, 0) is 68.1 Å². The van der Waals surface area contributed by atoms with Gasteiger partial charge in [-0.15, -0.1) is 0 Å². The van der Waals surface area contributed by atoms with E-state index < -0.39 is 17.9 Å². The zero-order valence-electron chi connectivity index (χ0n) is 21.8. The number of rotatable bonds is 13. The first-order chi connectivity index (χ1) is 17.8. The summed E-state index contributed by atoms with van der Waals surface area (Å²) in [4.78, 5) is 10.9. The van der Waals surface area contributed by atoms with E-state index in [-0.39, 0.29) is 0 Å². The number of nitrogens with one attached hydrogen (secondary N) is 2. The van der Waals surface area contributed by atoms with Crippen LogP contribution in [0.4, 0.5) is 10.5 Å². The summed E-state index contributed by atoms with van der Waals surface area (Å²) in [5, 5.41) is 16.4. The van der Waals surface area contributed by atoms with E-state index in [0.717, 1.165) is 67.7 Å². The summed E-state index contributed by atoms with van der Waals surface area (Å²) >= 11 is 0. The van der Waals surface area contributed by atoms with Gasteiger partial charge < -0.3 is 35.7 Å². The van der Waals surface area contributed by atoms with Gasteiger partial charge in [-0.3, -0.25) is 0 Å². The monoisotopic (exact) mass is 509 g/mol. The zero-order chi connectivity index (χ0) is 26.5. The molecule has 5 N–H and O–H groups in total. The molecule has 0 aromatic heterocycles. The van der Waals surface area contributed by atoms with E-state index in [2.05, 4.69) is 22.5 Å². The SMILES string of the molecule is CC1(C)OCc2cc([C@@H](O)CNCCCCCOCCCC#Cc3cccc(NC(N)=O)c3)ccc2O1. The summed E-state index contributed by atoms with van der Waals surface area (Å²) in [7, 11) is 0. The molecule has 0 aliphatic carbocycles. The van der Waals surface area contributed by atoms with Crippen LogP contribution in [0.1, 0.15) is 68.7 Å². The normalized spacial score (nSPS) is 14.6. The number of fused-ring (bicyclic) bond motifs is 1. The number of ether oxygens (including phenoxy) is 3. The Labute approximate surface area is 219 Å². The van der Waals surface area contributed by atoms with Gasteiger partial charge in [-0.1, -0.05) is 24.0 Å². The highest BCUT2D eigenvalue weighted by Gasteiger charge is 2.27. The number of aliphatic hydroxyl groups excluding tert-OH is 1. The molecule has 1 aliphatic heterocycles. The van der Waals surface area contributed by atoms with Crippen molar-refractivity contribution in [2.45, 2.75) is 64.4 Å². The van der Waals surface area contributed by atoms with Crippen molar-refractivity contribution in [2.24, 2.45) is 5.73 Å². The number of anilines is 1. The molecule has 2 aromatic carbocycles. The van der Waals surface area contributed by atoms with E-state index >= 15 is 0 Å². The highest BCUT2D eigenvalue weighted by atomic mass is 16.7. The van der Waals surface area contributed by atoms with E-state index in [1.54, 1.807) is 12.1 Å². The molecule has 37 heavy (non-hydrogen) atoms. The van der Waals surface area contributed by atoms with Crippen molar-refractivity contribution in [3.8, 4) is 17.6 Å². The molecule has 0 saturated carbocycles. The van der Waals surface area contributed by atoms with Crippen LogP contribution in [0.25, 0.3) is 0 Å². The second-order valence-electron chi connectivity index (χ2n) is 9.53. The van der Waals surface area contributed by atoms with E-state index in [9.17, 15) is 9.90 Å². The Bertz CT molecular complexity index is 1080. The lowest BCUT2D eigenvalue weighted by atomic mass is 10.0. The number of primary amides is 1. The Kier molecular flexibility index (Phi) is 11.2. The lowest BCUT2D eigenvalue weighted by Crippen LogP contribution is -2.35. The van der Waals surface area contributed by atoms with Crippen molar-refractivity contribution in [3.63, 3.8) is 0 Å². The number of urea groups is 1. The van der Waals surface area contributed by atoms with E-state index in [1.165, 1.54) is 0 Å². The number of carbonyl (C=O) groups is 1. The summed E-state index contributed by atoms with van der Waals surface area (Å²) in [5.74, 6) is 6.42. The number of amides is 2. The molecule has 3 rings (SSSR count). The van der Waals surface area contributed by atoms with E-state index in [0.29, 0.717) is 25.4 Å². The molecular formula is C29H39N3O5.